The minimum atomic E-state index is -0.188. The molecular formula is C18H34O2. The topological polar surface area (TPSA) is 26.3 Å². The molecule has 2 nitrogen and oxygen atoms in total. The minimum Gasteiger partial charge on any atom is -0.384 e. The van der Waals surface area contributed by atoms with Gasteiger partial charge in [-0.3, -0.25) is 4.79 Å². The highest BCUT2D eigenvalue weighted by Gasteiger charge is 2.44. The summed E-state index contributed by atoms with van der Waals surface area (Å²) in [4.78, 5) is 13.0. The van der Waals surface area contributed by atoms with Gasteiger partial charge in [-0.25, -0.2) is 0 Å². The molecule has 0 heterocycles. The zero-order valence-electron chi connectivity index (χ0n) is 14.0. The number of carbonyl (C=O) groups excluding carboxylic acids is 1. The molecule has 1 rings (SSSR count). The molecule has 0 aliphatic heterocycles. The Labute approximate surface area is 125 Å². The van der Waals surface area contributed by atoms with Crippen LogP contribution in [0.5, 0.6) is 0 Å². The second kappa shape index (κ2) is 8.81. The van der Waals surface area contributed by atoms with Crippen LogP contribution >= 0.6 is 0 Å². The van der Waals surface area contributed by atoms with E-state index >= 15 is 0 Å². The van der Waals surface area contributed by atoms with E-state index < -0.39 is 0 Å². The molecule has 20 heavy (non-hydrogen) atoms. The van der Waals surface area contributed by atoms with Crippen molar-refractivity contribution in [3.8, 4) is 0 Å². The Morgan fingerprint density at radius 3 is 2.65 bits per heavy atom. The minimum absolute atomic E-state index is 0.188. The van der Waals surface area contributed by atoms with Crippen LogP contribution in [0, 0.1) is 17.3 Å². The van der Waals surface area contributed by atoms with E-state index in [-0.39, 0.29) is 5.41 Å². The third-order valence-electron chi connectivity index (χ3n) is 5.43. The summed E-state index contributed by atoms with van der Waals surface area (Å²) in [7, 11) is 1.74. The Balaban J connectivity index is 2.72. The SMILES string of the molecule is CCCCC(CC)CC(=O)C1(COC)CCCCC1C. The van der Waals surface area contributed by atoms with E-state index in [1.165, 1.54) is 38.5 Å². The lowest BCUT2D eigenvalue weighted by Crippen LogP contribution is -2.44. The normalized spacial score (nSPS) is 28.3. The molecule has 2 heteroatoms. The van der Waals surface area contributed by atoms with Crippen LogP contribution in [0.4, 0.5) is 0 Å². The number of ketones is 1. The van der Waals surface area contributed by atoms with Crippen molar-refractivity contribution in [2.45, 2.75) is 78.6 Å². The van der Waals surface area contributed by atoms with Crippen LogP contribution in [0.25, 0.3) is 0 Å². The van der Waals surface area contributed by atoms with E-state index in [9.17, 15) is 4.79 Å². The van der Waals surface area contributed by atoms with Gasteiger partial charge in [-0.15, -0.1) is 0 Å². The van der Waals surface area contributed by atoms with Crippen molar-refractivity contribution in [2.75, 3.05) is 13.7 Å². The molecule has 1 aliphatic rings. The smallest absolute Gasteiger partial charge is 0.141 e. The van der Waals surface area contributed by atoms with Crippen molar-refractivity contribution in [1.82, 2.24) is 0 Å². The van der Waals surface area contributed by atoms with Crippen molar-refractivity contribution in [3.05, 3.63) is 0 Å². The molecule has 0 bridgehead atoms. The molecule has 0 N–H and O–H groups in total. The molecule has 0 amide bonds. The van der Waals surface area contributed by atoms with Crippen LogP contribution < -0.4 is 0 Å². The molecule has 0 radical (unpaired) electrons. The summed E-state index contributed by atoms with van der Waals surface area (Å²) in [6.45, 7) is 7.32. The fourth-order valence-electron chi connectivity index (χ4n) is 3.79. The Hall–Kier alpha value is -0.370. The quantitative estimate of drug-likeness (QED) is 0.594. The van der Waals surface area contributed by atoms with Crippen molar-refractivity contribution in [3.63, 3.8) is 0 Å². The molecule has 1 aliphatic carbocycles. The predicted molar refractivity (Wildman–Crippen MR) is 84.9 cm³/mol. The highest BCUT2D eigenvalue weighted by atomic mass is 16.5. The van der Waals surface area contributed by atoms with E-state index in [1.807, 2.05) is 0 Å². The first-order valence-corrected chi connectivity index (χ1v) is 8.62. The highest BCUT2D eigenvalue weighted by molar-refractivity contribution is 5.85. The standard InChI is InChI=1S/C18H34O2/c1-5-7-11-16(6-2)13-17(19)18(14-20-4)12-9-8-10-15(18)3/h15-16H,5-14H2,1-4H3. The third kappa shape index (κ3) is 4.31. The molecule has 3 unspecified atom stereocenters. The zero-order chi connectivity index (χ0) is 15.0. The monoisotopic (exact) mass is 282 g/mol. The average molecular weight is 282 g/mol. The number of unbranched alkanes of at least 4 members (excludes halogenated alkanes) is 1. The Kier molecular flexibility index (Phi) is 7.79. The van der Waals surface area contributed by atoms with Gasteiger partial charge in [0, 0.05) is 13.5 Å². The van der Waals surface area contributed by atoms with E-state index in [2.05, 4.69) is 20.8 Å². The fraction of sp³-hybridized carbons (Fsp3) is 0.944. The second-order valence-corrected chi connectivity index (χ2v) is 6.78. The molecular weight excluding hydrogens is 248 g/mol. The number of Topliss-reactive ketones (excluding diaryl/α,β-unsaturated/α-hetero) is 1. The Morgan fingerprint density at radius 1 is 1.35 bits per heavy atom. The molecule has 1 saturated carbocycles. The van der Waals surface area contributed by atoms with E-state index in [1.54, 1.807) is 7.11 Å². The van der Waals surface area contributed by atoms with Crippen molar-refractivity contribution in [1.29, 1.82) is 0 Å². The average Bonchev–Trinajstić information content (AvgIpc) is 2.45. The molecule has 3 atom stereocenters. The van der Waals surface area contributed by atoms with Crippen molar-refractivity contribution in [2.24, 2.45) is 17.3 Å². The lowest BCUT2D eigenvalue weighted by Gasteiger charge is -2.41. The van der Waals surface area contributed by atoms with Gasteiger partial charge in [-0.1, -0.05) is 59.3 Å². The molecule has 0 saturated heterocycles. The predicted octanol–water partition coefficient (Wildman–Crippen LogP) is 5.00. The maximum atomic E-state index is 13.0. The number of hydrogen-bond donors (Lipinski definition) is 0. The van der Waals surface area contributed by atoms with Gasteiger partial charge in [0.2, 0.25) is 0 Å². The lowest BCUT2D eigenvalue weighted by molar-refractivity contribution is -0.139. The number of rotatable bonds is 9. The van der Waals surface area contributed by atoms with Gasteiger partial charge >= 0.3 is 0 Å². The molecule has 0 aromatic heterocycles. The largest absolute Gasteiger partial charge is 0.384 e. The zero-order valence-corrected chi connectivity index (χ0v) is 14.0. The second-order valence-electron chi connectivity index (χ2n) is 6.78. The summed E-state index contributed by atoms with van der Waals surface area (Å²) < 4.78 is 5.45. The molecule has 0 spiro atoms. The first-order valence-electron chi connectivity index (χ1n) is 8.62. The number of hydrogen-bond acceptors (Lipinski definition) is 2. The number of ether oxygens (including phenoxy) is 1. The summed E-state index contributed by atoms with van der Waals surface area (Å²) in [5, 5.41) is 0. The molecule has 0 aromatic carbocycles. The van der Waals surface area contributed by atoms with Crippen LogP contribution in [0.3, 0.4) is 0 Å². The molecule has 118 valence electrons. The first kappa shape index (κ1) is 17.7. The van der Waals surface area contributed by atoms with Crippen molar-refractivity contribution >= 4 is 5.78 Å². The van der Waals surface area contributed by atoms with Crippen LogP contribution in [0.2, 0.25) is 0 Å². The van der Waals surface area contributed by atoms with Crippen LogP contribution in [-0.2, 0) is 9.53 Å². The Bertz CT molecular complexity index is 283. The summed E-state index contributed by atoms with van der Waals surface area (Å²) in [6.07, 6.45) is 10.2. The first-order chi connectivity index (χ1) is 9.60. The fourth-order valence-corrected chi connectivity index (χ4v) is 3.79. The van der Waals surface area contributed by atoms with Crippen LogP contribution in [0.1, 0.15) is 78.6 Å². The highest BCUT2D eigenvalue weighted by Crippen LogP contribution is 2.43. The lowest BCUT2D eigenvalue weighted by atomic mass is 9.63. The van der Waals surface area contributed by atoms with E-state index in [0.29, 0.717) is 24.2 Å². The van der Waals surface area contributed by atoms with E-state index in [0.717, 1.165) is 19.3 Å². The third-order valence-corrected chi connectivity index (χ3v) is 5.43. The summed E-state index contributed by atoms with van der Waals surface area (Å²) in [5.74, 6) is 1.53. The summed E-state index contributed by atoms with van der Waals surface area (Å²) in [5.41, 5.74) is -0.188. The summed E-state index contributed by atoms with van der Waals surface area (Å²) >= 11 is 0. The maximum Gasteiger partial charge on any atom is 0.141 e. The van der Waals surface area contributed by atoms with Gasteiger partial charge in [0.1, 0.15) is 5.78 Å². The van der Waals surface area contributed by atoms with Gasteiger partial charge in [0.05, 0.1) is 12.0 Å². The Morgan fingerprint density at radius 2 is 2.10 bits per heavy atom. The van der Waals surface area contributed by atoms with E-state index in [4.69, 9.17) is 4.74 Å². The van der Waals surface area contributed by atoms with Gasteiger partial charge in [0.15, 0.2) is 0 Å². The number of methoxy groups -OCH3 is 1. The summed E-state index contributed by atoms with van der Waals surface area (Å²) in [6, 6.07) is 0. The van der Waals surface area contributed by atoms with Gasteiger partial charge in [-0.2, -0.15) is 0 Å². The molecule has 0 aromatic rings. The molecule has 1 fully saturated rings. The van der Waals surface area contributed by atoms with Gasteiger partial charge in [0.25, 0.3) is 0 Å². The van der Waals surface area contributed by atoms with Crippen LogP contribution in [-0.4, -0.2) is 19.5 Å². The van der Waals surface area contributed by atoms with Crippen LogP contribution in [0.15, 0.2) is 0 Å². The maximum absolute atomic E-state index is 13.0. The van der Waals surface area contributed by atoms with Gasteiger partial charge in [-0.05, 0) is 24.7 Å². The van der Waals surface area contributed by atoms with Gasteiger partial charge < -0.3 is 4.74 Å². The number of carbonyl (C=O) groups is 1. The van der Waals surface area contributed by atoms with Crippen molar-refractivity contribution < 1.29 is 9.53 Å².